The molecule has 23 heavy (non-hydrogen) atoms. The fourth-order valence-electron chi connectivity index (χ4n) is 2.41. The highest BCUT2D eigenvalue weighted by Crippen LogP contribution is 2.27. The van der Waals surface area contributed by atoms with Crippen molar-refractivity contribution >= 4 is 5.91 Å². The van der Waals surface area contributed by atoms with Gasteiger partial charge in [0.1, 0.15) is 0 Å². The summed E-state index contributed by atoms with van der Waals surface area (Å²) in [5.41, 5.74) is 1.11. The lowest BCUT2D eigenvalue weighted by atomic mass is 10.1. The third kappa shape index (κ3) is 5.36. The zero-order valence-electron chi connectivity index (χ0n) is 13.7. The molecule has 0 saturated heterocycles. The fraction of sp³-hybridized carbons (Fsp3) is 0.389. The van der Waals surface area contributed by atoms with Crippen LogP contribution in [0.5, 0.6) is 11.5 Å². The number of ether oxygens (including phenoxy) is 2. The molecule has 0 saturated carbocycles. The summed E-state index contributed by atoms with van der Waals surface area (Å²) < 4.78 is 12.6. The summed E-state index contributed by atoms with van der Waals surface area (Å²) in [4.78, 5) is 11.8. The molecular formula is C18H24N2O3. The number of carbonyl (C=O) groups is 1. The Kier molecular flexibility index (Phi) is 6.54. The Bertz CT molecular complexity index is 609. The van der Waals surface area contributed by atoms with Gasteiger partial charge >= 0.3 is 0 Å². The van der Waals surface area contributed by atoms with E-state index in [1.807, 2.05) is 42.7 Å². The van der Waals surface area contributed by atoms with Crippen LogP contribution in [0.1, 0.15) is 18.4 Å². The lowest BCUT2D eigenvalue weighted by Gasteiger charge is -2.10. The molecule has 0 aliphatic heterocycles. The molecule has 5 nitrogen and oxygen atoms in total. The van der Waals surface area contributed by atoms with Crippen LogP contribution in [0.15, 0.2) is 42.7 Å². The molecule has 0 unspecified atom stereocenters. The molecule has 0 aliphatic rings. The molecule has 1 aromatic carbocycles. The third-order valence-corrected chi connectivity index (χ3v) is 3.67. The topological polar surface area (TPSA) is 52.5 Å². The minimum atomic E-state index is 0.0950. The van der Waals surface area contributed by atoms with Crippen molar-refractivity contribution in [3.63, 3.8) is 0 Å². The monoisotopic (exact) mass is 316 g/mol. The van der Waals surface area contributed by atoms with Gasteiger partial charge in [0.15, 0.2) is 11.5 Å². The van der Waals surface area contributed by atoms with Crippen LogP contribution in [0.3, 0.4) is 0 Å². The number of aryl methyl sites for hydroxylation is 1. The van der Waals surface area contributed by atoms with Gasteiger partial charge in [-0.3, -0.25) is 4.79 Å². The molecule has 0 spiro atoms. The van der Waals surface area contributed by atoms with Crippen LogP contribution >= 0.6 is 0 Å². The first-order chi connectivity index (χ1) is 11.2. The average Bonchev–Trinajstić information content (AvgIpc) is 3.08. The Morgan fingerprint density at radius 1 is 1.13 bits per heavy atom. The fourth-order valence-corrected chi connectivity index (χ4v) is 2.41. The number of nitrogens with zero attached hydrogens (tertiary/aromatic N) is 1. The largest absolute Gasteiger partial charge is 0.493 e. The summed E-state index contributed by atoms with van der Waals surface area (Å²) in [7, 11) is 3.24. The number of nitrogens with one attached hydrogen (secondary N) is 1. The number of carbonyl (C=O) groups excluding carboxylic acids is 1. The Morgan fingerprint density at radius 2 is 1.87 bits per heavy atom. The second-order valence-electron chi connectivity index (χ2n) is 5.31. The molecule has 2 aromatic rings. The normalized spacial score (nSPS) is 10.3. The van der Waals surface area contributed by atoms with Gasteiger partial charge in [0.25, 0.3) is 0 Å². The molecule has 0 fully saturated rings. The van der Waals surface area contributed by atoms with Gasteiger partial charge in [0, 0.05) is 31.9 Å². The van der Waals surface area contributed by atoms with Gasteiger partial charge in [-0.25, -0.2) is 0 Å². The maximum Gasteiger partial charge on any atom is 0.220 e. The molecule has 0 atom stereocenters. The van der Waals surface area contributed by atoms with Gasteiger partial charge in [-0.2, -0.15) is 0 Å². The van der Waals surface area contributed by atoms with E-state index in [9.17, 15) is 4.79 Å². The molecule has 0 radical (unpaired) electrons. The van der Waals surface area contributed by atoms with Crippen LogP contribution in [0.4, 0.5) is 0 Å². The summed E-state index contributed by atoms with van der Waals surface area (Å²) in [5.74, 6) is 1.52. The van der Waals surface area contributed by atoms with Crippen LogP contribution in [0.2, 0.25) is 0 Å². The second-order valence-corrected chi connectivity index (χ2v) is 5.31. The number of benzene rings is 1. The van der Waals surface area contributed by atoms with Gasteiger partial charge in [0.2, 0.25) is 5.91 Å². The molecule has 5 heteroatoms. The Hall–Kier alpha value is -2.43. The molecule has 1 N–H and O–H groups in total. The van der Waals surface area contributed by atoms with Crippen LogP contribution in [0.25, 0.3) is 0 Å². The zero-order chi connectivity index (χ0) is 16.5. The third-order valence-electron chi connectivity index (χ3n) is 3.67. The van der Waals surface area contributed by atoms with E-state index in [1.165, 1.54) is 0 Å². The number of amides is 1. The maximum atomic E-state index is 11.8. The van der Waals surface area contributed by atoms with Crippen molar-refractivity contribution in [2.75, 3.05) is 20.8 Å². The molecule has 1 heterocycles. The Morgan fingerprint density at radius 3 is 2.57 bits per heavy atom. The predicted octanol–water partition coefficient (Wildman–Crippen LogP) is 2.64. The first kappa shape index (κ1) is 16.9. The van der Waals surface area contributed by atoms with Crippen molar-refractivity contribution in [1.29, 1.82) is 0 Å². The van der Waals surface area contributed by atoms with E-state index in [-0.39, 0.29) is 5.91 Å². The van der Waals surface area contributed by atoms with E-state index in [2.05, 4.69) is 9.88 Å². The first-order valence-corrected chi connectivity index (χ1v) is 7.81. The van der Waals surface area contributed by atoms with Crippen LogP contribution in [0, 0.1) is 0 Å². The van der Waals surface area contributed by atoms with Gasteiger partial charge in [-0.15, -0.1) is 0 Å². The molecule has 124 valence electrons. The first-order valence-electron chi connectivity index (χ1n) is 7.81. The second kappa shape index (κ2) is 8.88. The van der Waals surface area contributed by atoms with Crippen molar-refractivity contribution in [3.8, 4) is 11.5 Å². The van der Waals surface area contributed by atoms with Gasteiger partial charge < -0.3 is 19.4 Å². The van der Waals surface area contributed by atoms with Crippen molar-refractivity contribution in [2.45, 2.75) is 25.8 Å². The standard InChI is InChI=1S/C18H24N2O3/c1-22-16-8-7-15(14-17(16)23-2)9-10-19-18(21)6-5-13-20-11-3-4-12-20/h3-4,7-8,11-12,14H,5-6,9-10,13H2,1-2H3,(H,19,21). The molecule has 1 amide bonds. The average molecular weight is 316 g/mol. The Balaban J connectivity index is 1.68. The summed E-state index contributed by atoms with van der Waals surface area (Å²) in [5, 5.41) is 2.96. The highest BCUT2D eigenvalue weighted by molar-refractivity contribution is 5.75. The molecule has 0 aliphatic carbocycles. The van der Waals surface area contributed by atoms with E-state index < -0.39 is 0 Å². The van der Waals surface area contributed by atoms with E-state index in [0.29, 0.717) is 24.5 Å². The molecule has 0 bridgehead atoms. The summed E-state index contributed by atoms with van der Waals surface area (Å²) in [6, 6.07) is 9.79. The van der Waals surface area contributed by atoms with Crippen molar-refractivity contribution in [3.05, 3.63) is 48.3 Å². The number of rotatable bonds is 9. The molecule has 2 rings (SSSR count). The van der Waals surface area contributed by atoms with E-state index in [0.717, 1.165) is 24.9 Å². The van der Waals surface area contributed by atoms with Crippen molar-refractivity contribution in [1.82, 2.24) is 9.88 Å². The van der Waals surface area contributed by atoms with E-state index in [4.69, 9.17) is 9.47 Å². The minimum Gasteiger partial charge on any atom is -0.493 e. The number of methoxy groups -OCH3 is 2. The highest BCUT2D eigenvalue weighted by atomic mass is 16.5. The van der Waals surface area contributed by atoms with Crippen molar-refractivity contribution < 1.29 is 14.3 Å². The van der Waals surface area contributed by atoms with Gasteiger partial charge in [-0.1, -0.05) is 6.07 Å². The maximum absolute atomic E-state index is 11.8. The number of aromatic nitrogens is 1. The number of hydrogen-bond donors (Lipinski definition) is 1. The molecule has 1 aromatic heterocycles. The zero-order valence-corrected chi connectivity index (χ0v) is 13.7. The summed E-state index contributed by atoms with van der Waals surface area (Å²) >= 11 is 0. The smallest absolute Gasteiger partial charge is 0.220 e. The summed E-state index contributed by atoms with van der Waals surface area (Å²) in [6.07, 6.45) is 6.18. The van der Waals surface area contributed by atoms with Crippen LogP contribution in [-0.4, -0.2) is 31.2 Å². The highest BCUT2D eigenvalue weighted by Gasteiger charge is 2.05. The van der Waals surface area contributed by atoms with Crippen molar-refractivity contribution in [2.24, 2.45) is 0 Å². The van der Waals surface area contributed by atoms with Gasteiger partial charge in [0.05, 0.1) is 14.2 Å². The summed E-state index contributed by atoms with van der Waals surface area (Å²) in [6.45, 7) is 1.49. The predicted molar refractivity (Wildman–Crippen MR) is 89.9 cm³/mol. The minimum absolute atomic E-state index is 0.0950. The lowest BCUT2D eigenvalue weighted by molar-refractivity contribution is -0.121. The lowest BCUT2D eigenvalue weighted by Crippen LogP contribution is -2.25. The molecular weight excluding hydrogens is 292 g/mol. The quantitative estimate of drug-likeness (QED) is 0.774. The van der Waals surface area contributed by atoms with E-state index >= 15 is 0 Å². The van der Waals surface area contributed by atoms with Gasteiger partial charge in [-0.05, 0) is 42.7 Å². The van der Waals surface area contributed by atoms with Crippen LogP contribution in [-0.2, 0) is 17.8 Å². The Labute approximate surface area is 137 Å². The van der Waals surface area contributed by atoms with Crippen LogP contribution < -0.4 is 14.8 Å². The number of hydrogen-bond acceptors (Lipinski definition) is 3. The van der Waals surface area contributed by atoms with E-state index in [1.54, 1.807) is 14.2 Å². The SMILES string of the molecule is COc1ccc(CCNC(=O)CCCn2cccc2)cc1OC.